The zero-order valence-corrected chi connectivity index (χ0v) is 13.3. The normalized spacial score (nSPS) is 10.3. The summed E-state index contributed by atoms with van der Waals surface area (Å²) < 4.78 is 0. The van der Waals surface area contributed by atoms with Gasteiger partial charge in [-0.25, -0.2) is 0 Å². The Hall–Kier alpha value is -2.58. The summed E-state index contributed by atoms with van der Waals surface area (Å²) in [4.78, 5) is 12.1. The van der Waals surface area contributed by atoms with E-state index in [9.17, 15) is 4.79 Å². The first-order valence-corrected chi connectivity index (χ1v) is 7.78. The second kappa shape index (κ2) is 7.12. The minimum atomic E-state index is -0.0558. The van der Waals surface area contributed by atoms with Crippen LogP contribution in [-0.2, 0) is 11.2 Å². The predicted octanol–water partition coefficient (Wildman–Crippen LogP) is 5.19. The molecule has 0 atom stereocenters. The minimum absolute atomic E-state index is 0.0558. The molecule has 1 N–H and O–H groups in total. The van der Waals surface area contributed by atoms with E-state index in [4.69, 9.17) is 11.6 Å². The van der Waals surface area contributed by atoms with Gasteiger partial charge in [-0.2, -0.15) is 0 Å². The van der Waals surface area contributed by atoms with E-state index in [1.165, 1.54) is 5.56 Å². The maximum Gasteiger partial charge on any atom is 0.228 e. The number of nitrogens with one attached hydrogen (secondary N) is 1. The summed E-state index contributed by atoms with van der Waals surface area (Å²) in [7, 11) is 0. The van der Waals surface area contributed by atoms with Crippen molar-refractivity contribution in [2.24, 2.45) is 0 Å². The summed E-state index contributed by atoms with van der Waals surface area (Å²) in [6.45, 7) is 0. The lowest BCUT2D eigenvalue weighted by Crippen LogP contribution is -2.14. The van der Waals surface area contributed by atoms with Crippen molar-refractivity contribution < 1.29 is 4.79 Å². The average Bonchev–Trinajstić information content (AvgIpc) is 2.56. The molecule has 2 nitrogen and oxygen atoms in total. The van der Waals surface area contributed by atoms with Crippen LogP contribution >= 0.6 is 11.6 Å². The molecular weight excluding hydrogens is 306 g/mol. The molecule has 23 heavy (non-hydrogen) atoms. The number of carbonyl (C=O) groups excluding carboxylic acids is 1. The van der Waals surface area contributed by atoms with E-state index in [-0.39, 0.29) is 5.91 Å². The van der Waals surface area contributed by atoms with Crippen LogP contribution in [-0.4, -0.2) is 5.91 Å². The van der Waals surface area contributed by atoms with Crippen LogP contribution in [0.1, 0.15) is 5.56 Å². The molecule has 0 unspecified atom stereocenters. The van der Waals surface area contributed by atoms with Gasteiger partial charge in [-0.15, -0.1) is 0 Å². The van der Waals surface area contributed by atoms with Gasteiger partial charge in [0, 0.05) is 10.7 Å². The molecule has 3 aromatic carbocycles. The van der Waals surface area contributed by atoms with Gasteiger partial charge < -0.3 is 5.32 Å². The first-order chi connectivity index (χ1) is 11.2. The van der Waals surface area contributed by atoms with Gasteiger partial charge in [-0.1, -0.05) is 72.3 Å². The van der Waals surface area contributed by atoms with Crippen molar-refractivity contribution in [1.82, 2.24) is 0 Å². The summed E-state index contributed by atoms with van der Waals surface area (Å²) in [5.74, 6) is -0.0558. The molecule has 0 fully saturated rings. The highest BCUT2D eigenvalue weighted by atomic mass is 35.5. The topological polar surface area (TPSA) is 29.1 Å². The number of hydrogen-bond acceptors (Lipinski definition) is 1. The number of halogens is 1. The van der Waals surface area contributed by atoms with Crippen molar-refractivity contribution in [3.63, 3.8) is 0 Å². The first-order valence-electron chi connectivity index (χ1n) is 7.40. The number of benzene rings is 3. The van der Waals surface area contributed by atoms with Crippen molar-refractivity contribution in [3.05, 3.63) is 89.4 Å². The van der Waals surface area contributed by atoms with E-state index in [0.29, 0.717) is 17.1 Å². The number of hydrogen-bond donors (Lipinski definition) is 1. The van der Waals surface area contributed by atoms with Crippen molar-refractivity contribution in [2.75, 3.05) is 5.32 Å². The molecule has 0 bridgehead atoms. The van der Waals surface area contributed by atoms with E-state index < -0.39 is 0 Å². The van der Waals surface area contributed by atoms with Gasteiger partial charge in [0.1, 0.15) is 0 Å². The average molecular weight is 322 g/mol. The number of anilines is 1. The van der Waals surface area contributed by atoms with Crippen molar-refractivity contribution in [2.45, 2.75) is 6.42 Å². The lowest BCUT2D eigenvalue weighted by Gasteiger charge is -2.07. The molecule has 0 aliphatic rings. The third-order valence-electron chi connectivity index (χ3n) is 3.53. The largest absolute Gasteiger partial charge is 0.326 e. The Morgan fingerprint density at radius 2 is 1.52 bits per heavy atom. The van der Waals surface area contributed by atoms with Gasteiger partial charge in [0.05, 0.1) is 6.42 Å². The summed E-state index contributed by atoms with van der Waals surface area (Å²) in [5, 5.41) is 3.46. The number of rotatable bonds is 4. The van der Waals surface area contributed by atoms with Crippen molar-refractivity contribution in [3.8, 4) is 11.1 Å². The van der Waals surface area contributed by atoms with Gasteiger partial charge in [-0.3, -0.25) is 4.79 Å². The third-order valence-corrected chi connectivity index (χ3v) is 3.77. The number of amides is 1. The fraction of sp³-hybridized carbons (Fsp3) is 0.0500. The Kier molecular flexibility index (Phi) is 4.74. The predicted molar refractivity (Wildman–Crippen MR) is 95.7 cm³/mol. The molecule has 0 saturated carbocycles. The molecule has 0 heterocycles. The molecule has 0 saturated heterocycles. The third kappa shape index (κ3) is 4.21. The SMILES string of the molecule is O=C(Cc1ccc(-c2ccccc2)cc1)Nc1cccc(Cl)c1. The van der Waals surface area contributed by atoms with Crippen molar-refractivity contribution >= 4 is 23.2 Å². The smallest absolute Gasteiger partial charge is 0.228 e. The van der Waals surface area contributed by atoms with E-state index in [0.717, 1.165) is 11.1 Å². The van der Waals surface area contributed by atoms with Crippen LogP contribution in [0.15, 0.2) is 78.9 Å². The Balaban J connectivity index is 1.65. The van der Waals surface area contributed by atoms with Crippen LogP contribution in [0.2, 0.25) is 5.02 Å². The van der Waals surface area contributed by atoms with Crippen LogP contribution in [0.4, 0.5) is 5.69 Å². The molecule has 3 aromatic rings. The van der Waals surface area contributed by atoms with Crippen LogP contribution < -0.4 is 5.32 Å². The molecule has 0 aliphatic heterocycles. The summed E-state index contributed by atoms with van der Waals surface area (Å²) in [5.41, 5.74) is 4.00. The molecule has 114 valence electrons. The molecular formula is C20H16ClNO. The van der Waals surface area contributed by atoms with Crippen LogP contribution in [0.3, 0.4) is 0 Å². The molecule has 1 amide bonds. The van der Waals surface area contributed by atoms with Gasteiger partial charge in [0.2, 0.25) is 5.91 Å². The first kappa shape index (κ1) is 15.3. The van der Waals surface area contributed by atoms with E-state index in [2.05, 4.69) is 17.4 Å². The second-order valence-corrected chi connectivity index (χ2v) is 5.73. The lowest BCUT2D eigenvalue weighted by atomic mass is 10.0. The molecule has 3 heteroatoms. The molecule has 3 rings (SSSR count). The fourth-order valence-electron chi connectivity index (χ4n) is 2.40. The maximum atomic E-state index is 12.1. The fourth-order valence-corrected chi connectivity index (χ4v) is 2.59. The van der Waals surface area contributed by atoms with Crippen molar-refractivity contribution in [1.29, 1.82) is 0 Å². The van der Waals surface area contributed by atoms with Gasteiger partial charge >= 0.3 is 0 Å². The zero-order chi connectivity index (χ0) is 16.1. The van der Waals surface area contributed by atoms with Crippen LogP contribution in [0.5, 0.6) is 0 Å². The highest BCUT2D eigenvalue weighted by Gasteiger charge is 2.05. The van der Waals surface area contributed by atoms with E-state index in [1.54, 1.807) is 12.1 Å². The summed E-state index contributed by atoms with van der Waals surface area (Å²) >= 11 is 5.91. The van der Waals surface area contributed by atoms with Crippen LogP contribution in [0.25, 0.3) is 11.1 Å². The number of carbonyl (C=O) groups is 1. The van der Waals surface area contributed by atoms with E-state index in [1.807, 2.05) is 54.6 Å². The highest BCUT2D eigenvalue weighted by molar-refractivity contribution is 6.30. The minimum Gasteiger partial charge on any atom is -0.326 e. The Labute approximate surface area is 140 Å². The van der Waals surface area contributed by atoms with Gasteiger partial charge in [0.25, 0.3) is 0 Å². The Bertz CT molecular complexity index is 797. The molecule has 0 radical (unpaired) electrons. The summed E-state index contributed by atoms with van der Waals surface area (Å²) in [6, 6.07) is 25.4. The quantitative estimate of drug-likeness (QED) is 0.704. The van der Waals surface area contributed by atoms with Gasteiger partial charge in [0.15, 0.2) is 0 Å². The zero-order valence-electron chi connectivity index (χ0n) is 12.5. The highest BCUT2D eigenvalue weighted by Crippen LogP contribution is 2.20. The molecule has 0 aliphatic carbocycles. The standard InChI is InChI=1S/C20H16ClNO/c21-18-7-4-8-19(14-18)22-20(23)13-15-9-11-17(12-10-15)16-5-2-1-3-6-16/h1-12,14H,13H2,(H,22,23). The second-order valence-electron chi connectivity index (χ2n) is 5.30. The molecule has 0 spiro atoms. The summed E-state index contributed by atoms with van der Waals surface area (Å²) in [6.07, 6.45) is 0.335. The lowest BCUT2D eigenvalue weighted by molar-refractivity contribution is -0.115. The Morgan fingerprint density at radius 1 is 0.826 bits per heavy atom. The van der Waals surface area contributed by atoms with Crippen LogP contribution in [0, 0.1) is 0 Å². The van der Waals surface area contributed by atoms with E-state index >= 15 is 0 Å². The van der Waals surface area contributed by atoms with Gasteiger partial charge in [-0.05, 0) is 34.9 Å². The molecule has 0 aromatic heterocycles. The maximum absolute atomic E-state index is 12.1. The Morgan fingerprint density at radius 3 is 2.22 bits per heavy atom. The monoisotopic (exact) mass is 321 g/mol.